The number of halogens is 2. The van der Waals surface area contributed by atoms with Crippen molar-refractivity contribution < 1.29 is 13.5 Å². The molecule has 2 N–H and O–H groups in total. The fraction of sp³-hybridized carbons (Fsp3) is 0.0769. The lowest BCUT2D eigenvalue weighted by Gasteiger charge is -2.07. The molecule has 0 bridgehead atoms. The van der Waals surface area contributed by atoms with E-state index in [0.717, 1.165) is 23.8 Å². The highest BCUT2D eigenvalue weighted by Crippen LogP contribution is 2.26. The zero-order valence-corrected chi connectivity index (χ0v) is 9.21. The summed E-state index contributed by atoms with van der Waals surface area (Å²) < 4.78 is 31.2. The molecule has 2 aromatic carbocycles. The Morgan fingerprint density at radius 2 is 1.47 bits per heavy atom. The SMILES string of the molecule is Cc1cc(N)cc(Oc2cc(F)cc(F)c2)c1. The molecule has 88 valence electrons. The van der Waals surface area contributed by atoms with Crippen molar-refractivity contribution in [2.45, 2.75) is 6.92 Å². The summed E-state index contributed by atoms with van der Waals surface area (Å²) in [6.07, 6.45) is 0. The normalized spacial score (nSPS) is 10.3. The van der Waals surface area contributed by atoms with Crippen LogP contribution in [0.4, 0.5) is 14.5 Å². The molecule has 0 aliphatic heterocycles. The van der Waals surface area contributed by atoms with Crippen LogP contribution in [0, 0.1) is 18.6 Å². The fourth-order valence-electron chi connectivity index (χ4n) is 1.56. The summed E-state index contributed by atoms with van der Waals surface area (Å²) in [7, 11) is 0. The van der Waals surface area contributed by atoms with Crippen molar-refractivity contribution in [2.75, 3.05) is 5.73 Å². The number of nitrogens with two attached hydrogens (primary N) is 1. The molecule has 0 atom stereocenters. The third-order valence-corrected chi connectivity index (χ3v) is 2.14. The zero-order valence-electron chi connectivity index (χ0n) is 9.21. The molecule has 17 heavy (non-hydrogen) atoms. The maximum atomic E-state index is 12.9. The van der Waals surface area contributed by atoms with Gasteiger partial charge in [-0.2, -0.15) is 0 Å². The number of nitrogen functional groups attached to an aromatic ring is 1. The lowest BCUT2D eigenvalue weighted by molar-refractivity contribution is 0.468. The van der Waals surface area contributed by atoms with Crippen molar-refractivity contribution in [3.63, 3.8) is 0 Å². The van der Waals surface area contributed by atoms with Crippen LogP contribution < -0.4 is 10.5 Å². The van der Waals surface area contributed by atoms with E-state index in [1.54, 1.807) is 18.2 Å². The topological polar surface area (TPSA) is 35.2 Å². The third kappa shape index (κ3) is 2.93. The van der Waals surface area contributed by atoms with Crippen LogP contribution in [0.3, 0.4) is 0 Å². The molecule has 2 nitrogen and oxygen atoms in total. The Morgan fingerprint density at radius 1 is 0.882 bits per heavy atom. The van der Waals surface area contributed by atoms with E-state index in [-0.39, 0.29) is 5.75 Å². The van der Waals surface area contributed by atoms with Gasteiger partial charge in [0.25, 0.3) is 0 Å². The Morgan fingerprint density at radius 3 is 2.06 bits per heavy atom. The number of anilines is 1. The highest BCUT2D eigenvalue weighted by atomic mass is 19.1. The van der Waals surface area contributed by atoms with E-state index in [1.165, 1.54) is 0 Å². The first-order valence-electron chi connectivity index (χ1n) is 5.04. The smallest absolute Gasteiger partial charge is 0.133 e. The number of hydrogen-bond acceptors (Lipinski definition) is 2. The molecule has 0 amide bonds. The van der Waals surface area contributed by atoms with Gasteiger partial charge in [0.1, 0.15) is 23.1 Å². The van der Waals surface area contributed by atoms with E-state index < -0.39 is 11.6 Å². The molecule has 0 saturated carbocycles. The minimum absolute atomic E-state index is 0.104. The Bertz CT molecular complexity index is 465. The van der Waals surface area contributed by atoms with Crippen LogP contribution in [-0.4, -0.2) is 0 Å². The van der Waals surface area contributed by atoms with Crippen LogP contribution in [0.25, 0.3) is 0 Å². The maximum Gasteiger partial charge on any atom is 0.133 e. The summed E-state index contributed by atoms with van der Waals surface area (Å²) in [6.45, 7) is 1.86. The van der Waals surface area contributed by atoms with Crippen molar-refractivity contribution in [2.24, 2.45) is 0 Å². The lowest BCUT2D eigenvalue weighted by atomic mass is 10.2. The molecule has 0 fully saturated rings. The highest BCUT2D eigenvalue weighted by Gasteiger charge is 2.04. The summed E-state index contributed by atoms with van der Waals surface area (Å²) in [5.41, 5.74) is 7.10. The molecule has 0 unspecified atom stereocenters. The number of hydrogen-bond donors (Lipinski definition) is 1. The number of benzene rings is 2. The minimum Gasteiger partial charge on any atom is -0.457 e. The molecule has 0 saturated heterocycles. The van der Waals surface area contributed by atoms with Crippen LogP contribution in [0.2, 0.25) is 0 Å². The molecular weight excluding hydrogens is 224 g/mol. The second-order valence-electron chi connectivity index (χ2n) is 3.79. The molecule has 0 heterocycles. The van der Waals surface area contributed by atoms with Gasteiger partial charge in [-0.15, -0.1) is 0 Å². The van der Waals surface area contributed by atoms with Crippen LogP contribution in [0.15, 0.2) is 36.4 Å². The van der Waals surface area contributed by atoms with Crippen molar-refractivity contribution in [3.05, 3.63) is 53.6 Å². The van der Waals surface area contributed by atoms with Gasteiger partial charge in [-0.05, 0) is 24.6 Å². The molecule has 0 spiro atoms. The largest absolute Gasteiger partial charge is 0.457 e. The molecule has 2 rings (SSSR count). The summed E-state index contributed by atoms with van der Waals surface area (Å²) >= 11 is 0. The van der Waals surface area contributed by atoms with Crippen molar-refractivity contribution in [3.8, 4) is 11.5 Å². The van der Waals surface area contributed by atoms with Gasteiger partial charge in [0, 0.05) is 30.0 Å². The van der Waals surface area contributed by atoms with Gasteiger partial charge in [-0.1, -0.05) is 0 Å². The van der Waals surface area contributed by atoms with E-state index >= 15 is 0 Å². The van der Waals surface area contributed by atoms with E-state index in [4.69, 9.17) is 10.5 Å². The average molecular weight is 235 g/mol. The summed E-state index contributed by atoms with van der Waals surface area (Å²) in [5, 5.41) is 0. The van der Waals surface area contributed by atoms with Crippen LogP contribution in [0.1, 0.15) is 5.56 Å². The first-order chi connectivity index (χ1) is 8.02. The van der Waals surface area contributed by atoms with Gasteiger partial charge in [0.05, 0.1) is 0 Å². The molecule has 0 aliphatic rings. The highest BCUT2D eigenvalue weighted by molar-refractivity contribution is 5.48. The van der Waals surface area contributed by atoms with E-state index in [9.17, 15) is 8.78 Å². The first-order valence-corrected chi connectivity index (χ1v) is 5.04. The van der Waals surface area contributed by atoms with Gasteiger partial charge in [0.15, 0.2) is 0 Å². The molecule has 4 heteroatoms. The standard InChI is InChI=1S/C13H11F2NO/c1-8-2-11(16)7-12(3-8)17-13-5-9(14)4-10(15)6-13/h2-7H,16H2,1H3. The molecule has 2 aromatic rings. The molecule has 0 radical (unpaired) electrons. The van der Waals surface area contributed by atoms with Gasteiger partial charge in [-0.25, -0.2) is 8.78 Å². The second-order valence-corrected chi connectivity index (χ2v) is 3.79. The van der Waals surface area contributed by atoms with Gasteiger partial charge in [-0.3, -0.25) is 0 Å². The summed E-state index contributed by atoms with van der Waals surface area (Å²) in [5.74, 6) is -0.804. The predicted molar refractivity (Wildman–Crippen MR) is 62.0 cm³/mol. The third-order valence-electron chi connectivity index (χ3n) is 2.14. The van der Waals surface area contributed by atoms with Gasteiger partial charge < -0.3 is 10.5 Å². The van der Waals surface area contributed by atoms with Crippen LogP contribution >= 0.6 is 0 Å². The molecule has 0 aliphatic carbocycles. The second kappa shape index (κ2) is 4.41. The predicted octanol–water partition coefficient (Wildman–Crippen LogP) is 3.65. The fourth-order valence-corrected chi connectivity index (χ4v) is 1.56. The first kappa shape index (κ1) is 11.4. The van der Waals surface area contributed by atoms with Gasteiger partial charge in [0.2, 0.25) is 0 Å². The maximum absolute atomic E-state index is 12.9. The van der Waals surface area contributed by atoms with E-state index in [2.05, 4.69) is 0 Å². The van der Waals surface area contributed by atoms with Crippen molar-refractivity contribution in [1.82, 2.24) is 0 Å². The molecule has 0 aromatic heterocycles. The van der Waals surface area contributed by atoms with Crippen LogP contribution in [-0.2, 0) is 0 Å². The Balaban J connectivity index is 2.31. The lowest BCUT2D eigenvalue weighted by Crippen LogP contribution is -1.91. The molecular formula is C13H11F2NO. The van der Waals surface area contributed by atoms with Crippen molar-refractivity contribution in [1.29, 1.82) is 0 Å². The Hall–Kier alpha value is -2.10. The Labute approximate surface area is 97.6 Å². The number of aryl methyl sites for hydroxylation is 1. The Kier molecular flexibility index (Phi) is 2.95. The average Bonchev–Trinajstić information content (AvgIpc) is 2.13. The quantitative estimate of drug-likeness (QED) is 0.806. The minimum atomic E-state index is -0.680. The monoisotopic (exact) mass is 235 g/mol. The number of ether oxygens (including phenoxy) is 1. The summed E-state index contributed by atoms with van der Waals surface area (Å²) in [6, 6.07) is 8.12. The van der Waals surface area contributed by atoms with Gasteiger partial charge >= 0.3 is 0 Å². The zero-order chi connectivity index (χ0) is 12.4. The van der Waals surface area contributed by atoms with E-state index in [0.29, 0.717) is 11.4 Å². The van der Waals surface area contributed by atoms with Crippen LogP contribution in [0.5, 0.6) is 11.5 Å². The van der Waals surface area contributed by atoms with E-state index in [1.807, 2.05) is 6.92 Å². The summed E-state index contributed by atoms with van der Waals surface area (Å²) in [4.78, 5) is 0. The van der Waals surface area contributed by atoms with Crippen molar-refractivity contribution >= 4 is 5.69 Å². The number of rotatable bonds is 2.